The lowest BCUT2D eigenvalue weighted by Gasteiger charge is -2.23. The first-order valence-electron chi connectivity index (χ1n) is 9.56. The molecule has 1 aliphatic rings. The van der Waals surface area contributed by atoms with E-state index in [-0.39, 0.29) is 5.91 Å². The summed E-state index contributed by atoms with van der Waals surface area (Å²) < 4.78 is 10.5. The van der Waals surface area contributed by atoms with Crippen molar-refractivity contribution in [1.82, 2.24) is 10.6 Å². The topological polar surface area (TPSA) is 59.6 Å². The molecular weight excluding hydrogens is 340 g/mol. The van der Waals surface area contributed by atoms with Gasteiger partial charge in [-0.1, -0.05) is 24.3 Å². The number of ether oxygens (including phenoxy) is 2. The Hall–Kier alpha value is -2.37. The molecule has 5 heteroatoms. The summed E-state index contributed by atoms with van der Waals surface area (Å²) in [6.07, 6.45) is 2.42. The van der Waals surface area contributed by atoms with Crippen molar-refractivity contribution in [3.8, 4) is 5.75 Å². The average molecular weight is 368 g/mol. The van der Waals surface area contributed by atoms with Crippen LogP contribution in [0.25, 0.3) is 0 Å². The Morgan fingerprint density at radius 2 is 1.89 bits per heavy atom. The van der Waals surface area contributed by atoms with Gasteiger partial charge in [0.25, 0.3) is 5.91 Å². The molecule has 0 bridgehead atoms. The summed E-state index contributed by atoms with van der Waals surface area (Å²) in [5.74, 6) is 1.30. The number of carbonyl (C=O) groups is 1. The first-order chi connectivity index (χ1) is 13.3. The van der Waals surface area contributed by atoms with Crippen LogP contribution in [0, 0.1) is 0 Å². The quantitative estimate of drug-likeness (QED) is 0.703. The van der Waals surface area contributed by atoms with E-state index in [0.717, 1.165) is 24.4 Å². The third-order valence-corrected chi connectivity index (χ3v) is 4.87. The molecule has 0 radical (unpaired) electrons. The van der Waals surface area contributed by atoms with Gasteiger partial charge in [0.05, 0.1) is 6.61 Å². The minimum Gasteiger partial charge on any atom is -0.491 e. The van der Waals surface area contributed by atoms with Crippen molar-refractivity contribution in [1.29, 1.82) is 0 Å². The van der Waals surface area contributed by atoms with Gasteiger partial charge in [0.2, 0.25) is 0 Å². The minimum atomic E-state index is -0.0521. The van der Waals surface area contributed by atoms with Crippen molar-refractivity contribution >= 4 is 5.91 Å². The number of hydrogen-bond donors (Lipinski definition) is 2. The van der Waals surface area contributed by atoms with Crippen molar-refractivity contribution < 1.29 is 14.3 Å². The van der Waals surface area contributed by atoms with E-state index in [9.17, 15) is 4.79 Å². The molecule has 1 atom stereocenters. The summed E-state index contributed by atoms with van der Waals surface area (Å²) in [5.41, 5.74) is 3.04. The van der Waals surface area contributed by atoms with E-state index < -0.39 is 0 Å². The number of piperidine rings is 1. The Morgan fingerprint density at radius 1 is 1.11 bits per heavy atom. The van der Waals surface area contributed by atoms with E-state index in [0.29, 0.717) is 31.2 Å². The van der Waals surface area contributed by atoms with Crippen LogP contribution in [0.5, 0.6) is 5.75 Å². The van der Waals surface area contributed by atoms with E-state index in [4.69, 9.17) is 9.47 Å². The highest BCUT2D eigenvalue weighted by atomic mass is 16.5. The van der Waals surface area contributed by atoms with Crippen LogP contribution in [0.15, 0.2) is 48.5 Å². The predicted octanol–water partition coefficient (Wildman–Crippen LogP) is 3.11. The van der Waals surface area contributed by atoms with E-state index in [1.54, 1.807) is 7.11 Å². The van der Waals surface area contributed by atoms with Crippen LogP contribution >= 0.6 is 0 Å². The fraction of sp³-hybridized carbons (Fsp3) is 0.409. The van der Waals surface area contributed by atoms with Crippen LogP contribution in [0.2, 0.25) is 0 Å². The fourth-order valence-electron chi connectivity index (χ4n) is 3.27. The molecule has 2 aromatic carbocycles. The number of benzene rings is 2. The molecule has 27 heavy (non-hydrogen) atoms. The zero-order valence-electron chi connectivity index (χ0n) is 15.9. The highest BCUT2D eigenvalue weighted by Gasteiger charge is 2.15. The van der Waals surface area contributed by atoms with Gasteiger partial charge >= 0.3 is 0 Å². The highest BCUT2D eigenvalue weighted by Crippen LogP contribution is 2.23. The molecule has 1 amide bonds. The average Bonchev–Trinajstić information content (AvgIpc) is 2.74. The molecule has 3 rings (SSSR count). The van der Waals surface area contributed by atoms with Crippen molar-refractivity contribution in [2.75, 3.05) is 33.4 Å². The van der Waals surface area contributed by atoms with Crippen molar-refractivity contribution in [2.24, 2.45) is 0 Å². The summed E-state index contributed by atoms with van der Waals surface area (Å²) in [6.45, 7) is 3.72. The molecule has 5 nitrogen and oxygen atoms in total. The summed E-state index contributed by atoms with van der Waals surface area (Å²) >= 11 is 0. The molecule has 1 fully saturated rings. The van der Waals surface area contributed by atoms with Crippen LogP contribution in [-0.4, -0.2) is 39.3 Å². The molecule has 0 spiro atoms. The Bertz CT molecular complexity index is 707. The highest BCUT2D eigenvalue weighted by molar-refractivity contribution is 5.94. The second-order valence-corrected chi connectivity index (χ2v) is 6.83. The molecular formula is C22H28N2O3. The Kier molecular flexibility index (Phi) is 7.25. The molecule has 2 aromatic rings. The standard InChI is InChI=1S/C22H28N2O3/c1-26-13-14-27-21-10-4-17(5-11-21)15-24-22(25)19-8-6-18(7-9-19)20-3-2-12-23-16-20/h4-11,20,23H,2-3,12-16H2,1H3,(H,24,25)/t20-/m0/s1. The molecule has 2 N–H and O–H groups in total. The monoisotopic (exact) mass is 368 g/mol. The normalized spacial score (nSPS) is 16.7. The van der Waals surface area contributed by atoms with Crippen molar-refractivity contribution in [3.05, 3.63) is 65.2 Å². The van der Waals surface area contributed by atoms with Crippen LogP contribution in [0.4, 0.5) is 0 Å². The molecule has 1 aliphatic heterocycles. The molecule has 1 saturated heterocycles. The number of carbonyl (C=O) groups excluding carboxylic acids is 1. The van der Waals surface area contributed by atoms with Gasteiger partial charge in [-0.15, -0.1) is 0 Å². The van der Waals surface area contributed by atoms with E-state index in [2.05, 4.69) is 22.8 Å². The van der Waals surface area contributed by atoms with Crippen LogP contribution in [0.1, 0.15) is 40.2 Å². The molecule has 144 valence electrons. The van der Waals surface area contributed by atoms with Gasteiger partial charge in [-0.05, 0) is 60.7 Å². The Balaban J connectivity index is 1.48. The van der Waals surface area contributed by atoms with Gasteiger partial charge in [0.15, 0.2) is 0 Å². The van der Waals surface area contributed by atoms with Crippen LogP contribution < -0.4 is 15.4 Å². The number of hydrogen-bond acceptors (Lipinski definition) is 4. The predicted molar refractivity (Wildman–Crippen MR) is 106 cm³/mol. The lowest BCUT2D eigenvalue weighted by atomic mass is 9.91. The van der Waals surface area contributed by atoms with Crippen molar-refractivity contribution in [2.45, 2.75) is 25.3 Å². The SMILES string of the molecule is COCCOc1ccc(CNC(=O)c2ccc([C@H]3CCCNC3)cc2)cc1. The molecule has 0 unspecified atom stereocenters. The Labute approximate surface area is 161 Å². The molecule has 0 aliphatic carbocycles. The lowest BCUT2D eigenvalue weighted by Crippen LogP contribution is -2.28. The number of amides is 1. The van der Waals surface area contributed by atoms with Gasteiger partial charge in [-0.2, -0.15) is 0 Å². The van der Waals surface area contributed by atoms with Gasteiger partial charge in [0, 0.05) is 25.8 Å². The van der Waals surface area contributed by atoms with Crippen molar-refractivity contribution in [3.63, 3.8) is 0 Å². The number of rotatable bonds is 8. The van der Waals surface area contributed by atoms with E-state index >= 15 is 0 Å². The van der Waals surface area contributed by atoms with E-state index in [1.807, 2.05) is 36.4 Å². The smallest absolute Gasteiger partial charge is 0.251 e. The van der Waals surface area contributed by atoms with Gasteiger partial charge in [0.1, 0.15) is 12.4 Å². The maximum absolute atomic E-state index is 12.4. The zero-order chi connectivity index (χ0) is 18.9. The fourth-order valence-corrected chi connectivity index (χ4v) is 3.27. The third kappa shape index (κ3) is 5.81. The number of nitrogens with one attached hydrogen (secondary N) is 2. The first-order valence-corrected chi connectivity index (χ1v) is 9.56. The second-order valence-electron chi connectivity index (χ2n) is 6.83. The maximum atomic E-state index is 12.4. The molecule has 1 heterocycles. The maximum Gasteiger partial charge on any atom is 0.251 e. The first kappa shape index (κ1) is 19.4. The van der Waals surface area contributed by atoms with Gasteiger partial charge in [-0.25, -0.2) is 0 Å². The Morgan fingerprint density at radius 3 is 2.56 bits per heavy atom. The van der Waals surface area contributed by atoms with Crippen LogP contribution in [-0.2, 0) is 11.3 Å². The van der Waals surface area contributed by atoms with E-state index in [1.165, 1.54) is 18.4 Å². The second kappa shape index (κ2) is 10.1. The summed E-state index contributed by atoms with van der Waals surface area (Å²) in [6, 6.07) is 15.7. The molecule has 0 saturated carbocycles. The molecule has 0 aromatic heterocycles. The zero-order valence-corrected chi connectivity index (χ0v) is 15.9. The lowest BCUT2D eigenvalue weighted by molar-refractivity contribution is 0.0951. The summed E-state index contributed by atoms with van der Waals surface area (Å²) in [5, 5.41) is 6.41. The number of methoxy groups -OCH3 is 1. The minimum absolute atomic E-state index is 0.0521. The van der Waals surface area contributed by atoms with Gasteiger partial charge < -0.3 is 20.1 Å². The van der Waals surface area contributed by atoms with Gasteiger partial charge in [-0.3, -0.25) is 4.79 Å². The van der Waals surface area contributed by atoms with Crippen LogP contribution in [0.3, 0.4) is 0 Å². The summed E-state index contributed by atoms with van der Waals surface area (Å²) in [4.78, 5) is 12.4. The largest absolute Gasteiger partial charge is 0.491 e. The third-order valence-electron chi connectivity index (χ3n) is 4.87. The summed E-state index contributed by atoms with van der Waals surface area (Å²) in [7, 11) is 1.65.